The average Bonchev–Trinajstić information content (AvgIpc) is 2.95. The number of benzene rings is 1. The van der Waals surface area contributed by atoms with Gasteiger partial charge in [0.2, 0.25) is 5.91 Å². The lowest BCUT2D eigenvalue weighted by molar-refractivity contribution is -0.134. The number of hydrogen-bond acceptors (Lipinski definition) is 4. The number of sulfone groups is 1. The maximum atomic E-state index is 13.1. The van der Waals surface area contributed by atoms with Gasteiger partial charge in [-0.3, -0.25) is 4.79 Å². The van der Waals surface area contributed by atoms with Crippen molar-refractivity contribution in [3.8, 4) is 0 Å². The number of carbonyl (C=O) groups excluding carboxylic acids is 1. The van der Waals surface area contributed by atoms with Gasteiger partial charge in [-0.15, -0.1) is 0 Å². The van der Waals surface area contributed by atoms with Crippen molar-refractivity contribution in [1.82, 2.24) is 4.90 Å². The molecule has 1 saturated heterocycles. The second-order valence-corrected chi connectivity index (χ2v) is 10.00. The van der Waals surface area contributed by atoms with E-state index in [1.807, 2.05) is 36.9 Å². The monoisotopic (exact) mass is 378 g/mol. The first kappa shape index (κ1) is 19.2. The highest BCUT2D eigenvalue weighted by atomic mass is 32.2. The summed E-state index contributed by atoms with van der Waals surface area (Å²) in [5, 5.41) is 3.30. The first-order valence-corrected chi connectivity index (χ1v) is 11.5. The zero-order valence-electron chi connectivity index (χ0n) is 15.8. The summed E-state index contributed by atoms with van der Waals surface area (Å²) in [5.74, 6) is 0.360. The molecule has 2 aliphatic rings. The van der Waals surface area contributed by atoms with Crippen LogP contribution < -0.4 is 5.32 Å². The molecule has 2 fully saturated rings. The Labute approximate surface area is 157 Å². The molecule has 144 valence electrons. The van der Waals surface area contributed by atoms with Gasteiger partial charge >= 0.3 is 0 Å². The van der Waals surface area contributed by atoms with Gasteiger partial charge in [-0.25, -0.2) is 8.42 Å². The third-order valence-electron chi connectivity index (χ3n) is 5.76. The van der Waals surface area contributed by atoms with E-state index in [0.717, 1.165) is 42.5 Å². The maximum absolute atomic E-state index is 13.1. The molecule has 1 aliphatic heterocycles. The van der Waals surface area contributed by atoms with Crippen molar-refractivity contribution in [2.24, 2.45) is 0 Å². The normalized spacial score (nSPS) is 22.9. The molecule has 1 aromatic rings. The minimum absolute atomic E-state index is 0.0293. The van der Waals surface area contributed by atoms with Crippen molar-refractivity contribution in [2.75, 3.05) is 23.4 Å². The molecule has 1 saturated carbocycles. The zero-order valence-corrected chi connectivity index (χ0v) is 16.6. The quantitative estimate of drug-likeness (QED) is 0.855. The van der Waals surface area contributed by atoms with Crippen molar-refractivity contribution in [3.05, 3.63) is 29.3 Å². The van der Waals surface area contributed by atoms with E-state index in [0.29, 0.717) is 6.42 Å². The summed E-state index contributed by atoms with van der Waals surface area (Å²) < 4.78 is 23.9. The Bertz CT molecular complexity index is 734. The molecule has 1 atom stereocenters. The van der Waals surface area contributed by atoms with Crippen molar-refractivity contribution < 1.29 is 13.2 Å². The maximum Gasteiger partial charge on any atom is 0.242 e. The van der Waals surface area contributed by atoms with Crippen LogP contribution in [-0.4, -0.2) is 49.4 Å². The number of aryl methyl sites for hydroxylation is 2. The summed E-state index contributed by atoms with van der Waals surface area (Å²) in [6.07, 6.45) is 6.02. The number of para-hydroxylation sites is 1. The molecule has 5 nitrogen and oxygen atoms in total. The lowest BCUT2D eigenvalue weighted by atomic mass is 9.93. The number of carbonyl (C=O) groups is 1. The SMILES string of the molecule is Cc1cccc(C)c1NCC(=O)N(C1CCCCC1)[C@@H]1CCS(=O)(=O)C1. The molecular formula is C20H30N2O3S. The number of hydrogen-bond donors (Lipinski definition) is 1. The molecule has 0 aromatic heterocycles. The Morgan fingerprint density at radius 2 is 1.73 bits per heavy atom. The standard InChI is InChI=1S/C20H30N2O3S/c1-15-7-6-8-16(2)20(15)21-13-19(23)22(17-9-4-3-5-10-17)18-11-12-26(24,25)14-18/h6-8,17-18,21H,3-5,9-14H2,1-2H3/t18-/m1/s1. The van der Waals surface area contributed by atoms with Crippen LogP contribution in [0.2, 0.25) is 0 Å². The fraction of sp³-hybridized carbons (Fsp3) is 0.650. The predicted molar refractivity (Wildman–Crippen MR) is 105 cm³/mol. The Balaban J connectivity index is 1.74. The number of nitrogens with one attached hydrogen (secondary N) is 1. The molecule has 1 amide bonds. The Morgan fingerprint density at radius 1 is 1.08 bits per heavy atom. The van der Waals surface area contributed by atoms with Gasteiger partial charge in [-0.2, -0.15) is 0 Å². The smallest absolute Gasteiger partial charge is 0.242 e. The van der Waals surface area contributed by atoms with Crippen LogP contribution in [0.25, 0.3) is 0 Å². The van der Waals surface area contributed by atoms with Crippen LogP contribution in [0.1, 0.15) is 49.7 Å². The fourth-order valence-electron chi connectivity index (χ4n) is 4.41. The second-order valence-electron chi connectivity index (χ2n) is 7.77. The van der Waals surface area contributed by atoms with E-state index >= 15 is 0 Å². The van der Waals surface area contributed by atoms with Crippen LogP contribution in [0.5, 0.6) is 0 Å². The fourth-order valence-corrected chi connectivity index (χ4v) is 6.12. The van der Waals surface area contributed by atoms with Gasteiger partial charge in [0.1, 0.15) is 0 Å². The molecule has 1 aliphatic carbocycles. The second kappa shape index (κ2) is 7.99. The Hall–Kier alpha value is -1.56. The van der Waals surface area contributed by atoms with Gasteiger partial charge in [0.05, 0.1) is 18.1 Å². The molecule has 0 unspecified atom stereocenters. The third-order valence-corrected chi connectivity index (χ3v) is 7.51. The molecule has 0 radical (unpaired) electrons. The van der Waals surface area contributed by atoms with E-state index in [1.165, 1.54) is 6.42 Å². The highest BCUT2D eigenvalue weighted by Crippen LogP contribution is 2.28. The van der Waals surface area contributed by atoms with Crippen LogP contribution in [0.4, 0.5) is 5.69 Å². The van der Waals surface area contributed by atoms with E-state index in [-0.39, 0.29) is 36.0 Å². The highest BCUT2D eigenvalue weighted by molar-refractivity contribution is 7.91. The lowest BCUT2D eigenvalue weighted by Gasteiger charge is -2.38. The van der Waals surface area contributed by atoms with Crippen LogP contribution in [-0.2, 0) is 14.6 Å². The van der Waals surface area contributed by atoms with Gasteiger partial charge in [-0.1, -0.05) is 37.5 Å². The zero-order chi connectivity index (χ0) is 18.7. The molecule has 1 N–H and O–H groups in total. The lowest BCUT2D eigenvalue weighted by Crippen LogP contribution is -2.50. The van der Waals surface area contributed by atoms with Crippen LogP contribution >= 0.6 is 0 Å². The highest BCUT2D eigenvalue weighted by Gasteiger charge is 2.38. The Morgan fingerprint density at radius 3 is 2.31 bits per heavy atom. The number of rotatable bonds is 5. The van der Waals surface area contributed by atoms with Crippen LogP contribution in [0, 0.1) is 13.8 Å². The van der Waals surface area contributed by atoms with Gasteiger partial charge < -0.3 is 10.2 Å². The number of amides is 1. The molecule has 0 spiro atoms. The summed E-state index contributed by atoms with van der Waals surface area (Å²) in [4.78, 5) is 15.0. The first-order chi connectivity index (χ1) is 12.4. The number of anilines is 1. The average molecular weight is 379 g/mol. The molecule has 26 heavy (non-hydrogen) atoms. The largest absolute Gasteiger partial charge is 0.376 e. The van der Waals surface area contributed by atoms with Crippen molar-refractivity contribution in [2.45, 2.75) is 64.5 Å². The van der Waals surface area contributed by atoms with Gasteiger partial charge in [0, 0.05) is 17.8 Å². The molecule has 1 aromatic carbocycles. The van der Waals surface area contributed by atoms with E-state index in [1.54, 1.807) is 0 Å². The topological polar surface area (TPSA) is 66.5 Å². The molecular weight excluding hydrogens is 348 g/mol. The molecule has 6 heteroatoms. The van der Waals surface area contributed by atoms with Gasteiger partial charge in [-0.05, 0) is 44.2 Å². The summed E-state index contributed by atoms with van der Waals surface area (Å²) in [6, 6.07) is 6.10. The van der Waals surface area contributed by atoms with Crippen LogP contribution in [0.3, 0.4) is 0 Å². The summed E-state index contributed by atoms with van der Waals surface area (Å²) in [5.41, 5.74) is 3.24. The summed E-state index contributed by atoms with van der Waals surface area (Å²) in [7, 11) is -3.01. The van der Waals surface area contributed by atoms with Crippen molar-refractivity contribution in [1.29, 1.82) is 0 Å². The minimum atomic E-state index is -3.01. The van der Waals surface area contributed by atoms with E-state index in [4.69, 9.17) is 0 Å². The van der Waals surface area contributed by atoms with E-state index in [2.05, 4.69) is 5.32 Å². The van der Waals surface area contributed by atoms with Crippen LogP contribution in [0.15, 0.2) is 18.2 Å². The molecule has 0 bridgehead atoms. The number of nitrogens with zero attached hydrogens (tertiary/aromatic N) is 1. The Kier molecular flexibility index (Phi) is 5.90. The van der Waals surface area contributed by atoms with Crippen molar-refractivity contribution >= 4 is 21.4 Å². The van der Waals surface area contributed by atoms with Gasteiger partial charge in [0.15, 0.2) is 9.84 Å². The van der Waals surface area contributed by atoms with E-state index in [9.17, 15) is 13.2 Å². The van der Waals surface area contributed by atoms with Crippen molar-refractivity contribution in [3.63, 3.8) is 0 Å². The predicted octanol–water partition coefficient (Wildman–Crippen LogP) is 3.06. The van der Waals surface area contributed by atoms with E-state index < -0.39 is 9.84 Å². The summed E-state index contributed by atoms with van der Waals surface area (Å²) in [6.45, 7) is 4.28. The molecule has 1 heterocycles. The van der Waals surface area contributed by atoms with Gasteiger partial charge in [0.25, 0.3) is 0 Å². The molecule has 3 rings (SSSR count). The third kappa shape index (κ3) is 4.40. The minimum Gasteiger partial charge on any atom is -0.376 e. The first-order valence-electron chi connectivity index (χ1n) is 9.69. The summed E-state index contributed by atoms with van der Waals surface area (Å²) >= 11 is 0.